The van der Waals surface area contributed by atoms with Crippen LogP contribution in [0.3, 0.4) is 0 Å². The molecule has 1 amide bonds. The van der Waals surface area contributed by atoms with Crippen molar-refractivity contribution in [3.8, 4) is 0 Å². The molecule has 1 saturated heterocycles. The van der Waals surface area contributed by atoms with E-state index in [0.717, 1.165) is 16.3 Å². The Kier molecular flexibility index (Phi) is 5.93. The Hall–Kier alpha value is -1.44. The van der Waals surface area contributed by atoms with Gasteiger partial charge >= 0.3 is 0 Å². The molecule has 9 nitrogen and oxygen atoms in total. The second-order valence-corrected chi connectivity index (χ2v) is 7.37. The van der Waals surface area contributed by atoms with E-state index in [4.69, 9.17) is 22.1 Å². The summed E-state index contributed by atoms with van der Waals surface area (Å²) in [6.07, 6.45) is -2.73. The van der Waals surface area contributed by atoms with Crippen LogP contribution in [0.5, 0.6) is 0 Å². The maximum Gasteiger partial charge on any atom is 0.287 e. The molecule has 0 saturated carbocycles. The van der Waals surface area contributed by atoms with Gasteiger partial charge in [0.25, 0.3) is 11.8 Å². The summed E-state index contributed by atoms with van der Waals surface area (Å²) in [6.45, 7) is 0.184. The number of aliphatic hydroxyl groups is 3. The van der Waals surface area contributed by atoms with Crippen molar-refractivity contribution in [3.63, 3.8) is 0 Å². The molecule has 0 aliphatic carbocycles. The van der Waals surface area contributed by atoms with Crippen LogP contribution in [0.2, 0.25) is 5.02 Å². The molecular formula is C16H18ClIN4O5. The average molecular weight is 509 g/mol. The van der Waals surface area contributed by atoms with Crippen LogP contribution in [-0.4, -0.2) is 53.5 Å². The van der Waals surface area contributed by atoms with Crippen LogP contribution >= 0.6 is 34.2 Å². The number of aliphatic hydroxyl groups excluding tert-OH is 2. The SMILES string of the molecule is Nc1cnc(C(=O)NCc2ccc(Cl)cc2)n1[C@]1(O)O[C@H](CI)[C@@H](O)[C@H]1O. The summed E-state index contributed by atoms with van der Waals surface area (Å²) in [4.78, 5) is 16.5. The number of carbonyl (C=O) groups excluding carboxylic acids is 1. The van der Waals surface area contributed by atoms with Gasteiger partial charge in [-0.15, -0.1) is 0 Å². The zero-order chi connectivity index (χ0) is 19.8. The van der Waals surface area contributed by atoms with E-state index >= 15 is 0 Å². The Morgan fingerprint density at radius 1 is 1.41 bits per heavy atom. The lowest BCUT2D eigenvalue weighted by Gasteiger charge is -2.29. The molecule has 2 aromatic rings. The monoisotopic (exact) mass is 508 g/mol. The first kappa shape index (κ1) is 20.3. The van der Waals surface area contributed by atoms with Crippen molar-refractivity contribution in [1.29, 1.82) is 0 Å². The quantitative estimate of drug-likeness (QED) is 0.287. The molecule has 0 spiro atoms. The van der Waals surface area contributed by atoms with E-state index in [1.54, 1.807) is 24.3 Å². The number of carbonyl (C=O) groups is 1. The van der Waals surface area contributed by atoms with Gasteiger partial charge in [0.05, 0.1) is 6.20 Å². The molecular weight excluding hydrogens is 491 g/mol. The van der Waals surface area contributed by atoms with Gasteiger partial charge in [-0.05, 0) is 17.7 Å². The van der Waals surface area contributed by atoms with E-state index in [1.807, 2.05) is 22.6 Å². The van der Waals surface area contributed by atoms with Crippen molar-refractivity contribution < 1.29 is 24.9 Å². The third kappa shape index (κ3) is 3.77. The van der Waals surface area contributed by atoms with Crippen molar-refractivity contribution in [2.45, 2.75) is 30.8 Å². The minimum absolute atomic E-state index is 0.102. The number of halogens is 2. The number of nitrogens with one attached hydrogen (secondary N) is 1. The second kappa shape index (κ2) is 7.89. The molecule has 1 fully saturated rings. The van der Waals surface area contributed by atoms with Gasteiger partial charge in [0, 0.05) is 16.0 Å². The third-order valence-electron chi connectivity index (χ3n) is 4.25. The van der Waals surface area contributed by atoms with Gasteiger partial charge in [-0.2, -0.15) is 0 Å². The number of ether oxygens (including phenoxy) is 1. The summed E-state index contributed by atoms with van der Waals surface area (Å²) in [7, 11) is 0. The third-order valence-corrected chi connectivity index (χ3v) is 5.37. The van der Waals surface area contributed by atoms with Crippen LogP contribution in [0, 0.1) is 0 Å². The first-order chi connectivity index (χ1) is 12.8. The van der Waals surface area contributed by atoms with Gasteiger partial charge < -0.3 is 31.1 Å². The van der Waals surface area contributed by atoms with E-state index in [2.05, 4.69) is 10.3 Å². The number of anilines is 1. The number of nitrogen functional groups attached to an aromatic ring is 1. The fraction of sp³-hybridized carbons (Fsp3) is 0.375. The first-order valence-corrected chi connectivity index (χ1v) is 9.87. The number of rotatable bonds is 5. The highest BCUT2D eigenvalue weighted by molar-refractivity contribution is 14.1. The van der Waals surface area contributed by atoms with Crippen molar-refractivity contribution in [3.05, 3.63) is 46.9 Å². The summed E-state index contributed by atoms with van der Waals surface area (Å²) in [6, 6.07) is 6.89. The summed E-state index contributed by atoms with van der Waals surface area (Å²) in [5, 5.41) is 34.4. The number of nitrogens with two attached hydrogens (primary N) is 1. The molecule has 11 heteroatoms. The molecule has 27 heavy (non-hydrogen) atoms. The molecule has 146 valence electrons. The fourth-order valence-electron chi connectivity index (χ4n) is 2.82. The largest absolute Gasteiger partial charge is 0.387 e. The fourth-order valence-corrected chi connectivity index (χ4v) is 3.65. The Bertz CT molecular complexity index is 833. The normalized spacial score (nSPS) is 27.7. The Balaban J connectivity index is 1.84. The Labute approximate surface area is 173 Å². The molecule has 1 aliphatic heterocycles. The van der Waals surface area contributed by atoms with E-state index < -0.39 is 30.1 Å². The predicted octanol–water partition coefficient (Wildman–Crippen LogP) is 0.207. The molecule has 2 heterocycles. The lowest BCUT2D eigenvalue weighted by atomic mass is 10.1. The summed E-state index contributed by atoms with van der Waals surface area (Å²) >= 11 is 7.78. The lowest BCUT2D eigenvalue weighted by Crippen LogP contribution is -2.48. The molecule has 6 N–H and O–H groups in total. The van der Waals surface area contributed by atoms with Crippen LogP contribution in [0.1, 0.15) is 16.2 Å². The van der Waals surface area contributed by atoms with E-state index in [0.29, 0.717) is 9.45 Å². The van der Waals surface area contributed by atoms with E-state index in [1.165, 1.54) is 0 Å². The van der Waals surface area contributed by atoms with Crippen LogP contribution in [0.4, 0.5) is 5.82 Å². The lowest BCUT2D eigenvalue weighted by molar-refractivity contribution is -0.283. The van der Waals surface area contributed by atoms with Crippen LogP contribution in [0.25, 0.3) is 0 Å². The number of amides is 1. The minimum atomic E-state index is -2.41. The summed E-state index contributed by atoms with van der Waals surface area (Å²) in [5.41, 5.74) is 6.63. The van der Waals surface area contributed by atoms with Crippen molar-refractivity contribution in [2.75, 3.05) is 10.2 Å². The Morgan fingerprint density at radius 3 is 2.67 bits per heavy atom. The zero-order valence-electron chi connectivity index (χ0n) is 13.9. The van der Waals surface area contributed by atoms with Gasteiger partial charge in [0.2, 0.25) is 5.82 Å². The van der Waals surface area contributed by atoms with Gasteiger partial charge in [-0.25, -0.2) is 4.98 Å². The summed E-state index contributed by atoms with van der Waals surface area (Å²) in [5.74, 6) is -3.42. The highest BCUT2D eigenvalue weighted by Gasteiger charge is 2.56. The number of nitrogens with zero attached hydrogens (tertiary/aromatic N) is 2. The van der Waals surface area contributed by atoms with Crippen LogP contribution in [-0.2, 0) is 17.2 Å². The number of hydrogen-bond acceptors (Lipinski definition) is 7. The molecule has 1 aromatic heterocycles. The predicted molar refractivity (Wildman–Crippen MR) is 105 cm³/mol. The molecule has 4 atom stereocenters. The van der Waals surface area contributed by atoms with Crippen LogP contribution in [0.15, 0.2) is 30.5 Å². The zero-order valence-corrected chi connectivity index (χ0v) is 16.8. The average Bonchev–Trinajstić information content (AvgIpc) is 3.15. The smallest absolute Gasteiger partial charge is 0.287 e. The van der Waals surface area contributed by atoms with Crippen molar-refractivity contribution >= 4 is 45.9 Å². The standard InChI is InChI=1S/C16H18ClIN4O5/c17-9-3-1-8(2-4-9)6-21-15(25)14-20-7-11(19)22(14)16(26)13(24)12(23)10(5-18)27-16/h1-4,7,10,12-13,23-24,26H,5-6,19H2,(H,21,25)/t10-,12-,13-,16-/m1/s1. The number of hydrogen-bond donors (Lipinski definition) is 5. The molecule has 1 aromatic carbocycles. The second-order valence-electron chi connectivity index (χ2n) is 6.06. The van der Waals surface area contributed by atoms with Gasteiger partial charge in [0.1, 0.15) is 18.0 Å². The summed E-state index contributed by atoms with van der Waals surface area (Å²) < 4.78 is 6.60. The maximum atomic E-state index is 12.6. The van der Waals surface area contributed by atoms with Gasteiger partial charge in [-0.1, -0.05) is 46.3 Å². The van der Waals surface area contributed by atoms with Crippen molar-refractivity contribution in [2.24, 2.45) is 0 Å². The molecule has 1 aliphatic rings. The molecule has 3 rings (SSSR count). The topological polar surface area (TPSA) is 143 Å². The maximum absolute atomic E-state index is 12.6. The highest BCUT2D eigenvalue weighted by atomic mass is 127. The van der Waals surface area contributed by atoms with Crippen LogP contribution < -0.4 is 11.1 Å². The van der Waals surface area contributed by atoms with E-state index in [-0.39, 0.29) is 18.2 Å². The van der Waals surface area contributed by atoms with Gasteiger partial charge in [0.15, 0.2) is 6.10 Å². The minimum Gasteiger partial charge on any atom is -0.387 e. The number of aromatic nitrogens is 2. The van der Waals surface area contributed by atoms with Crippen molar-refractivity contribution in [1.82, 2.24) is 14.9 Å². The molecule has 0 radical (unpaired) electrons. The number of benzene rings is 1. The molecule has 0 unspecified atom stereocenters. The highest BCUT2D eigenvalue weighted by Crippen LogP contribution is 2.36. The van der Waals surface area contributed by atoms with E-state index in [9.17, 15) is 20.1 Å². The first-order valence-electron chi connectivity index (χ1n) is 7.96. The molecule has 0 bridgehead atoms. The number of alkyl halides is 1. The van der Waals surface area contributed by atoms with Gasteiger partial charge in [-0.3, -0.25) is 9.36 Å². The Morgan fingerprint density at radius 2 is 2.07 bits per heavy atom. The number of imidazole rings is 1.